The summed E-state index contributed by atoms with van der Waals surface area (Å²) >= 11 is 0. The first kappa shape index (κ1) is 14.9. The van der Waals surface area contributed by atoms with Crippen LogP contribution in [0.5, 0.6) is 0 Å². The van der Waals surface area contributed by atoms with E-state index in [1.807, 2.05) is 0 Å². The van der Waals surface area contributed by atoms with Gasteiger partial charge in [0.15, 0.2) is 0 Å². The van der Waals surface area contributed by atoms with Crippen LogP contribution >= 0.6 is 0 Å². The van der Waals surface area contributed by atoms with Crippen LogP contribution in [0, 0.1) is 11.8 Å². The third-order valence-electron chi connectivity index (χ3n) is 4.95. The fraction of sp³-hybridized carbons (Fsp3) is 0.941. The summed E-state index contributed by atoms with van der Waals surface area (Å²) in [6.45, 7) is 11.6. The molecule has 1 heterocycles. The van der Waals surface area contributed by atoms with Crippen LogP contribution in [-0.4, -0.2) is 28.9 Å². The fourth-order valence-corrected chi connectivity index (χ4v) is 4.18. The standard InChI is InChI=1S/C17H32N2/c1-12(2)18-17-11-10-15-14(5)8-6-7-9-16(15)19(17)13(3)4/h12-16H,6-11H2,1-5H3/b18-17-. The van der Waals surface area contributed by atoms with Crippen molar-refractivity contribution in [1.29, 1.82) is 0 Å². The molecule has 2 fully saturated rings. The smallest absolute Gasteiger partial charge is 0.0997 e. The highest BCUT2D eigenvalue weighted by Gasteiger charge is 2.39. The predicted octanol–water partition coefficient (Wildman–Crippen LogP) is 4.49. The Morgan fingerprint density at radius 3 is 2.37 bits per heavy atom. The monoisotopic (exact) mass is 264 g/mol. The second kappa shape index (κ2) is 6.28. The average molecular weight is 264 g/mol. The molecular weight excluding hydrogens is 232 g/mol. The van der Waals surface area contributed by atoms with Gasteiger partial charge in [0, 0.05) is 24.5 Å². The molecule has 1 saturated heterocycles. The van der Waals surface area contributed by atoms with Gasteiger partial charge in [-0.2, -0.15) is 0 Å². The predicted molar refractivity (Wildman–Crippen MR) is 83.7 cm³/mol. The van der Waals surface area contributed by atoms with Gasteiger partial charge in [-0.1, -0.05) is 26.2 Å². The van der Waals surface area contributed by atoms with Crippen molar-refractivity contribution in [1.82, 2.24) is 4.90 Å². The molecule has 0 spiro atoms. The Morgan fingerprint density at radius 1 is 1.05 bits per heavy atom. The molecule has 0 aromatic carbocycles. The van der Waals surface area contributed by atoms with Gasteiger partial charge in [0.1, 0.15) is 0 Å². The molecule has 1 aliphatic carbocycles. The van der Waals surface area contributed by atoms with Crippen molar-refractivity contribution in [2.45, 2.75) is 91.3 Å². The van der Waals surface area contributed by atoms with Gasteiger partial charge in [-0.05, 0) is 52.4 Å². The summed E-state index contributed by atoms with van der Waals surface area (Å²) in [4.78, 5) is 7.60. The van der Waals surface area contributed by atoms with E-state index in [4.69, 9.17) is 4.99 Å². The third-order valence-corrected chi connectivity index (χ3v) is 4.95. The quantitative estimate of drug-likeness (QED) is 0.717. The lowest BCUT2D eigenvalue weighted by Gasteiger charge is -2.47. The number of rotatable bonds is 2. The molecule has 1 aliphatic heterocycles. The molecule has 0 amide bonds. The topological polar surface area (TPSA) is 15.6 Å². The fourth-order valence-electron chi connectivity index (χ4n) is 4.18. The number of piperidine rings is 1. The van der Waals surface area contributed by atoms with Crippen LogP contribution in [-0.2, 0) is 0 Å². The van der Waals surface area contributed by atoms with Gasteiger partial charge in [0.2, 0.25) is 0 Å². The highest BCUT2D eigenvalue weighted by Crippen LogP contribution is 2.39. The van der Waals surface area contributed by atoms with Gasteiger partial charge >= 0.3 is 0 Å². The lowest BCUT2D eigenvalue weighted by atomic mass is 9.78. The maximum absolute atomic E-state index is 4.93. The number of aliphatic imine (C=N–C) groups is 1. The third kappa shape index (κ3) is 3.32. The molecule has 0 bridgehead atoms. The average Bonchev–Trinajstić information content (AvgIpc) is 2.50. The minimum absolute atomic E-state index is 0.427. The minimum Gasteiger partial charge on any atom is -0.355 e. The van der Waals surface area contributed by atoms with E-state index in [1.165, 1.54) is 44.4 Å². The molecule has 110 valence electrons. The Morgan fingerprint density at radius 2 is 1.74 bits per heavy atom. The molecule has 2 heteroatoms. The molecule has 19 heavy (non-hydrogen) atoms. The second-order valence-electron chi connectivity index (χ2n) is 7.17. The Balaban J connectivity index is 2.26. The van der Waals surface area contributed by atoms with E-state index in [9.17, 15) is 0 Å². The Bertz CT molecular complexity index is 319. The van der Waals surface area contributed by atoms with E-state index in [2.05, 4.69) is 39.5 Å². The molecule has 3 atom stereocenters. The van der Waals surface area contributed by atoms with Crippen molar-refractivity contribution >= 4 is 5.84 Å². The molecule has 1 saturated carbocycles. The zero-order chi connectivity index (χ0) is 14.0. The summed E-state index contributed by atoms with van der Waals surface area (Å²) < 4.78 is 0. The maximum atomic E-state index is 4.93. The molecule has 2 nitrogen and oxygen atoms in total. The van der Waals surface area contributed by atoms with E-state index in [1.54, 1.807) is 0 Å². The van der Waals surface area contributed by atoms with E-state index in [0.717, 1.165) is 17.9 Å². The number of hydrogen-bond donors (Lipinski definition) is 0. The summed E-state index contributed by atoms with van der Waals surface area (Å²) in [5, 5.41) is 0. The van der Waals surface area contributed by atoms with Crippen LogP contribution in [0.4, 0.5) is 0 Å². The van der Waals surface area contributed by atoms with Crippen LogP contribution in [0.15, 0.2) is 4.99 Å². The first-order chi connectivity index (χ1) is 9.00. The Kier molecular flexibility index (Phi) is 4.92. The molecule has 0 aromatic heterocycles. The number of amidine groups is 1. The second-order valence-corrected chi connectivity index (χ2v) is 7.17. The Hall–Kier alpha value is -0.530. The molecular formula is C17H32N2. The van der Waals surface area contributed by atoms with E-state index in [-0.39, 0.29) is 0 Å². The van der Waals surface area contributed by atoms with Gasteiger partial charge in [-0.15, -0.1) is 0 Å². The van der Waals surface area contributed by atoms with Crippen LogP contribution in [0.3, 0.4) is 0 Å². The van der Waals surface area contributed by atoms with Gasteiger partial charge in [-0.3, -0.25) is 4.99 Å². The first-order valence-corrected chi connectivity index (χ1v) is 8.35. The van der Waals surface area contributed by atoms with E-state index < -0.39 is 0 Å². The first-order valence-electron chi connectivity index (χ1n) is 8.35. The van der Waals surface area contributed by atoms with Crippen molar-refractivity contribution in [3.05, 3.63) is 0 Å². The summed E-state index contributed by atoms with van der Waals surface area (Å²) in [6.07, 6.45) is 8.21. The van der Waals surface area contributed by atoms with Crippen molar-refractivity contribution in [3.63, 3.8) is 0 Å². The molecule has 2 rings (SSSR count). The van der Waals surface area contributed by atoms with Crippen LogP contribution in [0.1, 0.15) is 73.1 Å². The number of nitrogens with zero attached hydrogens (tertiary/aromatic N) is 2. The number of fused-ring (bicyclic) bond motifs is 1. The van der Waals surface area contributed by atoms with E-state index in [0.29, 0.717) is 12.1 Å². The summed E-state index contributed by atoms with van der Waals surface area (Å²) in [7, 11) is 0. The van der Waals surface area contributed by atoms with Crippen LogP contribution in [0.25, 0.3) is 0 Å². The van der Waals surface area contributed by atoms with Crippen molar-refractivity contribution in [2.75, 3.05) is 0 Å². The molecule has 0 radical (unpaired) electrons. The highest BCUT2D eigenvalue weighted by molar-refractivity contribution is 5.84. The SMILES string of the molecule is CC(C)/N=C1/CCC2C(C)CCCCC2N1C(C)C. The lowest BCUT2D eigenvalue weighted by molar-refractivity contribution is 0.120. The van der Waals surface area contributed by atoms with E-state index >= 15 is 0 Å². The minimum atomic E-state index is 0.427. The summed E-state index contributed by atoms with van der Waals surface area (Å²) in [6, 6.07) is 1.77. The van der Waals surface area contributed by atoms with Crippen molar-refractivity contribution < 1.29 is 0 Å². The van der Waals surface area contributed by atoms with Crippen LogP contribution < -0.4 is 0 Å². The summed E-state index contributed by atoms with van der Waals surface area (Å²) in [5.74, 6) is 3.19. The van der Waals surface area contributed by atoms with Gasteiger partial charge in [0.25, 0.3) is 0 Å². The molecule has 0 N–H and O–H groups in total. The highest BCUT2D eigenvalue weighted by atomic mass is 15.2. The zero-order valence-electron chi connectivity index (χ0n) is 13.5. The number of likely N-dealkylation sites (tertiary alicyclic amines) is 1. The normalized spacial score (nSPS) is 34.8. The summed E-state index contributed by atoms with van der Waals surface area (Å²) in [5.41, 5.74) is 0. The molecule has 0 aromatic rings. The molecule has 3 unspecified atom stereocenters. The van der Waals surface area contributed by atoms with Crippen LogP contribution in [0.2, 0.25) is 0 Å². The lowest BCUT2D eigenvalue weighted by Crippen LogP contribution is -2.53. The van der Waals surface area contributed by atoms with Gasteiger partial charge in [0.05, 0.1) is 5.84 Å². The zero-order valence-corrected chi connectivity index (χ0v) is 13.5. The largest absolute Gasteiger partial charge is 0.355 e. The molecule has 2 aliphatic rings. The maximum Gasteiger partial charge on any atom is 0.0997 e. The number of hydrogen-bond acceptors (Lipinski definition) is 1. The Labute approximate surface area is 119 Å². The van der Waals surface area contributed by atoms with Gasteiger partial charge in [-0.25, -0.2) is 0 Å². The van der Waals surface area contributed by atoms with Crippen molar-refractivity contribution in [2.24, 2.45) is 16.8 Å². The van der Waals surface area contributed by atoms with Gasteiger partial charge < -0.3 is 4.90 Å². The van der Waals surface area contributed by atoms with Crippen molar-refractivity contribution in [3.8, 4) is 0 Å².